The van der Waals surface area contributed by atoms with Gasteiger partial charge in [0, 0.05) is 11.5 Å². The predicted molar refractivity (Wildman–Crippen MR) is 69.7 cm³/mol. The third-order valence-corrected chi connectivity index (χ3v) is 3.83. The molecule has 0 aliphatic carbocycles. The number of hydrogen-bond acceptors (Lipinski definition) is 4. The van der Waals surface area contributed by atoms with Gasteiger partial charge in [0.2, 0.25) is 0 Å². The monoisotopic (exact) mass is 262 g/mol. The van der Waals surface area contributed by atoms with Crippen LogP contribution in [0.1, 0.15) is 41.8 Å². The molecule has 4 nitrogen and oxygen atoms in total. The molecule has 0 amide bonds. The van der Waals surface area contributed by atoms with Gasteiger partial charge in [0.1, 0.15) is 11.9 Å². The molecule has 1 aliphatic rings. The fraction of sp³-hybridized carbons (Fsp3) is 0.467. The summed E-state index contributed by atoms with van der Waals surface area (Å²) in [4.78, 5) is 22.5. The Bertz CT molecular complexity index is 505. The second kappa shape index (κ2) is 5.13. The number of aliphatic hydroxyl groups excluding tert-OH is 1. The highest BCUT2D eigenvalue weighted by molar-refractivity contribution is 5.78. The zero-order chi connectivity index (χ0) is 14.0. The van der Waals surface area contributed by atoms with Crippen LogP contribution in [0.2, 0.25) is 0 Å². The standard InChI is InChI=1S/C15H18O4/c1-15(2)12(7-14(18)19-15)6-13-10(8-16)4-3-5-11(13)9-17/h3-5,8,12,17H,6-7,9H2,1-2H3/t12-/m1/s1. The lowest BCUT2D eigenvalue weighted by Crippen LogP contribution is -2.29. The van der Waals surface area contributed by atoms with Crippen LogP contribution < -0.4 is 0 Å². The second-order valence-corrected chi connectivity index (χ2v) is 5.44. The highest BCUT2D eigenvalue weighted by atomic mass is 16.6. The first-order chi connectivity index (χ1) is 8.97. The van der Waals surface area contributed by atoms with Crippen molar-refractivity contribution in [2.24, 2.45) is 5.92 Å². The summed E-state index contributed by atoms with van der Waals surface area (Å²) in [6, 6.07) is 5.28. The third kappa shape index (κ3) is 2.68. The van der Waals surface area contributed by atoms with Gasteiger partial charge in [0.15, 0.2) is 0 Å². The number of esters is 1. The molecule has 2 rings (SSSR count). The molecular weight excluding hydrogens is 244 g/mol. The van der Waals surface area contributed by atoms with Crippen molar-refractivity contribution in [3.8, 4) is 0 Å². The van der Waals surface area contributed by atoms with Crippen LogP contribution in [-0.4, -0.2) is 23.0 Å². The van der Waals surface area contributed by atoms with E-state index in [-0.39, 0.29) is 18.5 Å². The van der Waals surface area contributed by atoms with Gasteiger partial charge in [-0.3, -0.25) is 9.59 Å². The van der Waals surface area contributed by atoms with E-state index in [1.54, 1.807) is 18.2 Å². The minimum absolute atomic E-state index is 0.0198. The van der Waals surface area contributed by atoms with E-state index in [0.717, 1.165) is 17.4 Å². The van der Waals surface area contributed by atoms with Gasteiger partial charge < -0.3 is 9.84 Å². The van der Waals surface area contributed by atoms with Crippen LogP contribution >= 0.6 is 0 Å². The second-order valence-electron chi connectivity index (χ2n) is 5.44. The zero-order valence-electron chi connectivity index (χ0n) is 11.2. The van der Waals surface area contributed by atoms with E-state index in [4.69, 9.17) is 4.74 Å². The number of ether oxygens (including phenoxy) is 1. The van der Waals surface area contributed by atoms with Gasteiger partial charge in [0.25, 0.3) is 0 Å². The number of benzene rings is 1. The van der Waals surface area contributed by atoms with Crippen molar-refractivity contribution in [3.05, 3.63) is 34.9 Å². The Hall–Kier alpha value is -1.68. The van der Waals surface area contributed by atoms with Crippen LogP contribution in [0.5, 0.6) is 0 Å². The summed E-state index contributed by atoms with van der Waals surface area (Å²) in [5, 5.41) is 9.38. The van der Waals surface area contributed by atoms with Crippen molar-refractivity contribution in [2.45, 2.75) is 38.9 Å². The lowest BCUT2D eigenvalue weighted by atomic mass is 9.83. The molecule has 1 aromatic rings. The Morgan fingerprint density at radius 1 is 1.47 bits per heavy atom. The van der Waals surface area contributed by atoms with E-state index < -0.39 is 5.60 Å². The number of rotatable bonds is 4. The zero-order valence-corrected chi connectivity index (χ0v) is 11.2. The van der Waals surface area contributed by atoms with E-state index in [1.807, 2.05) is 13.8 Å². The van der Waals surface area contributed by atoms with Crippen LogP contribution in [0, 0.1) is 5.92 Å². The van der Waals surface area contributed by atoms with Crippen LogP contribution in [0.3, 0.4) is 0 Å². The summed E-state index contributed by atoms with van der Waals surface area (Å²) in [5.74, 6) is -0.185. The van der Waals surface area contributed by atoms with Gasteiger partial charge in [-0.15, -0.1) is 0 Å². The molecule has 1 heterocycles. The predicted octanol–water partition coefficient (Wildman–Crippen LogP) is 1.88. The molecule has 1 fully saturated rings. The van der Waals surface area contributed by atoms with Crippen LogP contribution in [0.4, 0.5) is 0 Å². The molecule has 0 unspecified atom stereocenters. The average Bonchev–Trinajstić information content (AvgIpc) is 2.62. The maximum atomic E-state index is 11.4. The number of cyclic esters (lactones) is 1. The first kappa shape index (κ1) is 13.7. The van der Waals surface area contributed by atoms with Crippen LogP contribution in [0.25, 0.3) is 0 Å². The summed E-state index contributed by atoms with van der Waals surface area (Å²) >= 11 is 0. The molecule has 0 aromatic heterocycles. The Morgan fingerprint density at radius 3 is 2.74 bits per heavy atom. The molecule has 19 heavy (non-hydrogen) atoms. The van der Waals surface area contributed by atoms with Gasteiger partial charge in [-0.25, -0.2) is 0 Å². The Morgan fingerprint density at radius 2 is 2.21 bits per heavy atom. The quantitative estimate of drug-likeness (QED) is 0.664. The Kier molecular flexibility index (Phi) is 3.71. The minimum atomic E-state index is -0.528. The van der Waals surface area contributed by atoms with Gasteiger partial charge in [-0.05, 0) is 31.4 Å². The molecule has 0 bridgehead atoms. The number of carbonyl (C=O) groups excluding carboxylic acids is 2. The minimum Gasteiger partial charge on any atom is -0.459 e. The largest absolute Gasteiger partial charge is 0.459 e. The van der Waals surface area contributed by atoms with Crippen LogP contribution in [-0.2, 0) is 22.6 Å². The van der Waals surface area contributed by atoms with Crippen molar-refractivity contribution in [3.63, 3.8) is 0 Å². The van der Waals surface area contributed by atoms with Crippen LogP contribution in [0.15, 0.2) is 18.2 Å². The van der Waals surface area contributed by atoms with Gasteiger partial charge in [-0.1, -0.05) is 18.2 Å². The highest BCUT2D eigenvalue weighted by Crippen LogP contribution is 2.36. The van der Waals surface area contributed by atoms with E-state index >= 15 is 0 Å². The first-order valence-electron chi connectivity index (χ1n) is 6.36. The molecule has 0 saturated carbocycles. The first-order valence-corrected chi connectivity index (χ1v) is 6.36. The van der Waals surface area contributed by atoms with E-state index in [0.29, 0.717) is 18.4 Å². The summed E-state index contributed by atoms with van der Waals surface area (Å²) in [6.45, 7) is 3.65. The smallest absolute Gasteiger partial charge is 0.306 e. The van der Waals surface area contributed by atoms with Gasteiger partial charge in [0.05, 0.1) is 13.0 Å². The lowest BCUT2D eigenvalue weighted by molar-refractivity contribution is -0.146. The maximum Gasteiger partial charge on any atom is 0.306 e. The summed E-state index contributed by atoms with van der Waals surface area (Å²) < 4.78 is 5.29. The summed E-state index contributed by atoms with van der Waals surface area (Å²) in [6.07, 6.45) is 1.70. The molecule has 0 spiro atoms. The molecule has 1 N–H and O–H groups in total. The average molecular weight is 262 g/mol. The highest BCUT2D eigenvalue weighted by Gasteiger charge is 2.41. The lowest BCUT2D eigenvalue weighted by Gasteiger charge is -2.25. The van der Waals surface area contributed by atoms with Gasteiger partial charge in [-0.2, -0.15) is 0 Å². The number of aliphatic hydroxyl groups is 1. The van der Waals surface area contributed by atoms with Crippen molar-refractivity contribution >= 4 is 12.3 Å². The van der Waals surface area contributed by atoms with Crippen molar-refractivity contribution in [1.82, 2.24) is 0 Å². The van der Waals surface area contributed by atoms with Crippen molar-refractivity contribution in [1.29, 1.82) is 0 Å². The number of hydrogen-bond donors (Lipinski definition) is 1. The van der Waals surface area contributed by atoms with Crippen molar-refractivity contribution in [2.75, 3.05) is 0 Å². The Balaban J connectivity index is 2.33. The fourth-order valence-electron chi connectivity index (χ4n) is 2.59. The topological polar surface area (TPSA) is 63.6 Å². The molecule has 1 atom stereocenters. The number of carbonyl (C=O) groups is 2. The Labute approximate surface area is 112 Å². The summed E-state index contributed by atoms with van der Waals surface area (Å²) in [7, 11) is 0. The molecule has 1 aromatic carbocycles. The fourth-order valence-corrected chi connectivity index (χ4v) is 2.59. The summed E-state index contributed by atoms with van der Waals surface area (Å²) in [5.41, 5.74) is 1.60. The number of aldehydes is 1. The molecular formula is C15H18O4. The van der Waals surface area contributed by atoms with Crippen molar-refractivity contribution < 1.29 is 19.4 Å². The van der Waals surface area contributed by atoms with E-state index in [9.17, 15) is 14.7 Å². The van der Waals surface area contributed by atoms with Gasteiger partial charge >= 0.3 is 5.97 Å². The molecule has 1 aliphatic heterocycles. The molecule has 102 valence electrons. The normalized spacial score (nSPS) is 21.2. The molecule has 0 radical (unpaired) electrons. The SMILES string of the molecule is CC1(C)OC(=O)C[C@H]1Cc1c(C=O)cccc1CO. The third-order valence-electron chi connectivity index (χ3n) is 3.83. The molecule has 4 heteroatoms. The van der Waals surface area contributed by atoms with E-state index in [1.165, 1.54) is 0 Å². The van der Waals surface area contributed by atoms with E-state index in [2.05, 4.69) is 0 Å². The maximum absolute atomic E-state index is 11.4. The molecule has 1 saturated heterocycles.